The number of benzene rings is 2. The first kappa shape index (κ1) is 16.8. The highest BCUT2D eigenvalue weighted by Crippen LogP contribution is 2.21. The standard InChI is InChI=1S/C20H26N2O2/c1-24-20-9-7-19(8-10-20)22-12-2-11-21(13-14-22)15-17-3-5-18(16-23)6-4-17/h3-10,23H,2,11-16H2,1H3. The molecule has 0 saturated carbocycles. The van der Waals surface area contributed by atoms with Crippen molar-refractivity contribution < 1.29 is 9.84 Å². The molecule has 128 valence electrons. The van der Waals surface area contributed by atoms with Gasteiger partial charge in [0.25, 0.3) is 0 Å². The lowest BCUT2D eigenvalue weighted by molar-refractivity contribution is 0.280. The Hall–Kier alpha value is -2.04. The maximum atomic E-state index is 9.13. The van der Waals surface area contributed by atoms with E-state index in [2.05, 4.69) is 34.1 Å². The minimum Gasteiger partial charge on any atom is -0.497 e. The summed E-state index contributed by atoms with van der Waals surface area (Å²) in [5.41, 5.74) is 3.55. The second-order valence-electron chi connectivity index (χ2n) is 6.29. The van der Waals surface area contributed by atoms with E-state index in [1.54, 1.807) is 7.11 Å². The normalized spacial score (nSPS) is 16.0. The molecule has 2 aromatic carbocycles. The largest absolute Gasteiger partial charge is 0.497 e. The van der Waals surface area contributed by atoms with Gasteiger partial charge in [-0.25, -0.2) is 0 Å². The number of ether oxygens (including phenoxy) is 1. The summed E-state index contributed by atoms with van der Waals surface area (Å²) in [5, 5.41) is 9.13. The van der Waals surface area contributed by atoms with Crippen molar-refractivity contribution in [3.8, 4) is 5.75 Å². The summed E-state index contributed by atoms with van der Waals surface area (Å²) in [6.45, 7) is 5.40. The fourth-order valence-electron chi connectivity index (χ4n) is 3.19. The third-order valence-corrected chi connectivity index (χ3v) is 4.64. The summed E-state index contributed by atoms with van der Waals surface area (Å²) in [6.07, 6.45) is 1.17. The number of aliphatic hydroxyl groups is 1. The van der Waals surface area contributed by atoms with Crippen molar-refractivity contribution in [3.05, 3.63) is 59.7 Å². The molecule has 1 heterocycles. The van der Waals surface area contributed by atoms with Crippen molar-refractivity contribution in [2.75, 3.05) is 38.2 Å². The lowest BCUT2D eigenvalue weighted by Gasteiger charge is -2.24. The van der Waals surface area contributed by atoms with Crippen molar-refractivity contribution in [2.45, 2.75) is 19.6 Å². The molecule has 0 unspecified atom stereocenters. The van der Waals surface area contributed by atoms with Crippen LogP contribution in [0.4, 0.5) is 5.69 Å². The second kappa shape index (κ2) is 8.18. The van der Waals surface area contributed by atoms with Gasteiger partial charge in [-0.3, -0.25) is 4.90 Å². The minimum absolute atomic E-state index is 0.112. The number of hydrogen-bond donors (Lipinski definition) is 1. The molecular formula is C20H26N2O2. The Balaban J connectivity index is 1.57. The van der Waals surface area contributed by atoms with E-state index >= 15 is 0 Å². The predicted molar refractivity (Wildman–Crippen MR) is 97.5 cm³/mol. The Labute approximate surface area is 144 Å². The summed E-state index contributed by atoms with van der Waals surface area (Å²) in [6, 6.07) is 16.6. The maximum absolute atomic E-state index is 9.13. The summed E-state index contributed by atoms with van der Waals surface area (Å²) >= 11 is 0. The SMILES string of the molecule is COc1ccc(N2CCCN(Cc3ccc(CO)cc3)CC2)cc1. The quantitative estimate of drug-likeness (QED) is 0.916. The molecule has 0 aliphatic carbocycles. The van der Waals surface area contributed by atoms with Crippen LogP contribution < -0.4 is 9.64 Å². The van der Waals surface area contributed by atoms with E-state index in [1.165, 1.54) is 17.7 Å². The first-order chi connectivity index (χ1) is 11.8. The number of methoxy groups -OCH3 is 1. The van der Waals surface area contributed by atoms with Crippen LogP contribution in [-0.2, 0) is 13.2 Å². The summed E-state index contributed by atoms with van der Waals surface area (Å²) in [4.78, 5) is 4.96. The van der Waals surface area contributed by atoms with Crippen LogP contribution in [0.3, 0.4) is 0 Å². The van der Waals surface area contributed by atoms with Gasteiger partial charge in [-0.2, -0.15) is 0 Å². The molecule has 4 heteroatoms. The molecule has 0 radical (unpaired) electrons. The van der Waals surface area contributed by atoms with Gasteiger partial charge < -0.3 is 14.7 Å². The zero-order valence-corrected chi connectivity index (χ0v) is 14.3. The van der Waals surface area contributed by atoms with Gasteiger partial charge in [-0.15, -0.1) is 0 Å². The zero-order valence-electron chi connectivity index (χ0n) is 14.3. The Morgan fingerprint density at radius 1 is 0.875 bits per heavy atom. The van der Waals surface area contributed by atoms with Gasteiger partial charge in [-0.05, 0) is 41.8 Å². The lowest BCUT2D eigenvalue weighted by atomic mass is 10.1. The summed E-state index contributed by atoms with van der Waals surface area (Å²) < 4.78 is 5.24. The van der Waals surface area contributed by atoms with Crippen LogP contribution >= 0.6 is 0 Å². The van der Waals surface area contributed by atoms with E-state index in [-0.39, 0.29) is 6.61 Å². The van der Waals surface area contributed by atoms with E-state index in [9.17, 15) is 0 Å². The monoisotopic (exact) mass is 326 g/mol. The van der Waals surface area contributed by atoms with Gasteiger partial charge in [0.1, 0.15) is 5.75 Å². The number of aliphatic hydroxyl groups excluding tert-OH is 1. The van der Waals surface area contributed by atoms with E-state index in [0.29, 0.717) is 0 Å². The van der Waals surface area contributed by atoms with Gasteiger partial charge in [0.15, 0.2) is 0 Å². The van der Waals surface area contributed by atoms with Crippen molar-refractivity contribution in [1.82, 2.24) is 4.90 Å². The van der Waals surface area contributed by atoms with Crippen LogP contribution in [0.5, 0.6) is 5.75 Å². The van der Waals surface area contributed by atoms with Crippen molar-refractivity contribution in [3.63, 3.8) is 0 Å². The molecule has 0 bridgehead atoms. The van der Waals surface area contributed by atoms with Crippen LogP contribution in [0, 0.1) is 0 Å². The predicted octanol–water partition coefficient (Wildman–Crippen LogP) is 2.90. The summed E-state index contributed by atoms with van der Waals surface area (Å²) in [7, 11) is 1.70. The second-order valence-corrected chi connectivity index (χ2v) is 6.29. The molecule has 24 heavy (non-hydrogen) atoms. The van der Waals surface area contributed by atoms with E-state index in [4.69, 9.17) is 9.84 Å². The molecule has 1 saturated heterocycles. The number of anilines is 1. The van der Waals surface area contributed by atoms with Crippen molar-refractivity contribution >= 4 is 5.69 Å². The molecule has 3 rings (SSSR count). The molecular weight excluding hydrogens is 300 g/mol. The van der Waals surface area contributed by atoms with Gasteiger partial charge >= 0.3 is 0 Å². The molecule has 1 aliphatic heterocycles. The fraction of sp³-hybridized carbons (Fsp3) is 0.400. The van der Waals surface area contributed by atoms with E-state index in [1.807, 2.05) is 24.3 Å². The Morgan fingerprint density at radius 2 is 1.58 bits per heavy atom. The molecule has 0 atom stereocenters. The zero-order chi connectivity index (χ0) is 16.8. The molecule has 1 aliphatic rings. The first-order valence-corrected chi connectivity index (χ1v) is 8.58. The van der Waals surface area contributed by atoms with Gasteiger partial charge in [0, 0.05) is 38.4 Å². The topological polar surface area (TPSA) is 35.9 Å². The smallest absolute Gasteiger partial charge is 0.119 e. The van der Waals surface area contributed by atoms with Crippen LogP contribution in [0.1, 0.15) is 17.5 Å². The third kappa shape index (κ3) is 4.28. The van der Waals surface area contributed by atoms with E-state index in [0.717, 1.165) is 44.0 Å². The minimum atomic E-state index is 0.112. The average molecular weight is 326 g/mol. The van der Waals surface area contributed by atoms with Crippen molar-refractivity contribution in [2.24, 2.45) is 0 Å². The molecule has 0 spiro atoms. The number of hydrogen-bond acceptors (Lipinski definition) is 4. The van der Waals surface area contributed by atoms with Gasteiger partial charge in [-0.1, -0.05) is 24.3 Å². The Bertz CT molecular complexity index is 625. The highest BCUT2D eigenvalue weighted by Gasteiger charge is 2.15. The van der Waals surface area contributed by atoms with Crippen LogP contribution in [-0.4, -0.2) is 43.3 Å². The Morgan fingerprint density at radius 3 is 2.25 bits per heavy atom. The summed E-state index contributed by atoms with van der Waals surface area (Å²) in [5.74, 6) is 0.904. The molecule has 1 fully saturated rings. The maximum Gasteiger partial charge on any atom is 0.119 e. The molecule has 0 aromatic heterocycles. The van der Waals surface area contributed by atoms with Gasteiger partial charge in [0.2, 0.25) is 0 Å². The number of rotatable bonds is 5. The fourth-order valence-corrected chi connectivity index (χ4v) is 3.19. The molecule has 1 N–H and O–H groups in total. The first-order valence-electron chi connectivity index (χ1n) is 8.58. The van der Waals surface area contributed by atoms with Crippen LogP contribution in [0.2, 0.25) is 0 Å². The average Bonchev–Trinajstić information content (AvgIpc) is 2.88. The van der Waals surface area contributed by atoms with Crippen molar-refractivity contribution in [1.29, 1.82) is 0 Å². The third-order valence-electron chi connectivity index (χ3n) is 4.64. The molecule has 4 nitrogen and oxygen atoms in total. The van der Waals surface area contributed by atoms with Crippen LogP contribution in [0.25, 0.3) is 0 Å². The Kier molecular flexibility index (Phi) is 5.72. The lowest BCUT2D eigenvalue weighted by Crippen LogP contribution is -2.30. The highest BCUT2D eigenvalue weighted by atomic mass is 16.5. The van der Waals surface area contributed by atoms with E-state index < -0.39 is 0 Å². The molecule has 2 aromatic rings. The van der Waals surface area contributed by atoms with Crippen LogP contribution in [0.15, 0.2) is 48.5 Å². The molecule has 0 amide bonds. The van der Waals surface area contributed by atoms with Gasteiger partial charge in [0.05, 0.1) is 13.7 Å². The highest BCUT2D eigenvalue weighted by molar-refractivity contribution is 5.49. The number of nitrogens with zero attached hydrogens (tertiary/aromatic N) is 2.